The molecule has 3 heterocycles. The number of carbonyl (C=O) groups is 1. The van der Waals surface area contributed by atoms with Crippen molar-refractivity contribution in [1.82, 2.24) is 24.0 Å². The first-order valence-corrected chi connectivity index (χ1v) is 11.1. The van der Waals surface area contributed by atoms with Crippen molar-refractivity contribution in [2.45, 2.75) is 32.1 Å². The van der Waals surface area contributed by atoms with Gasteiger partial charge in [0.2, 0.25) is 11.7 Å². The third-order valence-corrected chi connectivity index (χ3v) is 6.35. The normalized spacial score (nSPS) is 15.3. The summed E-state index contributed by atoms with van der Waals surface area (Å²) in [6, 6.07) is 13.5. The van der Waals surface area contributed by atoms with Gasteiger partial charge in [-0.05, 0) is 43.0 Å². The second kappa shape index (κ2) is 8.58. The van der Waals surface area contributed by atoms with Gasteiger partial charge in [-0.15, -0.1) is 0 Å². The number of piperidine rings is 1. The molecule has 0 saturated carbocycles. The molecule has 7 nitrogen and oxygen atoms in total. The summed E-state index contributed by atoms with van der Waals surface area (Å²) in [6.07, 6.45) is -2.03. The predicted octanol–water partition coefficient (Wildman–Crippen LogP) is 3.70. The molecule has 4 aromatic rings. The van der Waals surface area contributed by atoms with Crippen LogP contribution in [0, 0.1) is 5.92 Å². The van der Waals surface area contributed by atoms with Gasteiger partial charge in [-0.3, -0.25) is 14.2 Å². The Kier molecular flexibility index (Phi) is 5.59. The number of benzene rings is 2. The minimum absolute atomic E-state index is 0.0205. The van der Waals surface area contributed by atoms with Crippen molar-refractivity contribution < 1.29 is 18.0 Å². The van der Waals surface area contributed by atoms with Crippen LogP contribution in [0.4, 0.5) is 13.2 Å². The fourth-order valence-corrected chi connectivity index (χ4v) is 4.56. The Morgan fingerprint density at radius 1 is 1.00 bits per heavy atom. The summed E-state index contributed by atoms with van der Waals surface area (Å²) in [5, 5.41) is 0.449. The highest BCUT2D eigenvalue weighted by molar-refractivity contribution is 5.79. The fourth-order valence-electron chi connectivity index (χ4n) is 4.56. The highest BCUT2D eigenvalue weighted by Gasteiger charge is 2.38. The highest BCUT2D eigenvalue weighted by Crippen LogP contribution is 2.33. The van der Waals surface area contributed by atoms with Crippen molar-refractivity contribution in [1.29, 1.82) is 0 Å². The second-order valence-corrected chi connectivity index (χ2v) is 8.55. The number of carbonyl (C=O) groups excluding carboxylic acids is 1. The number of amides is 1. The molecule has 1 aliphatic rings. The van der Waals surface area contributed by atoms with Gasteiger partial charge in [-0.25, -0.2) is 9.97 Å². The molecule has 1 aliphatic heterocycles. The smallest absolute Gasteiger partial charge is 0.341 e. The standard InChI is InChI=1S/C24H22F3N5O2/c25-24(26,27)23-29-19-7-3-4-8-20(19)32(23)13-16-9-11-30(12-10-16)21(33)14-31-15-28-18-6-2-1-5-17(18)22(31)34/h1-8,15-16H,9-14H2. The topological polar surface area (TPSA) is 73.0 Å². The van der Waals surface area contributed by atoms with E-state index in [9.17, 15) is 22.8 Å². The monoisotopic (exact) mass is 469 g/mol. The Labute approximate surface area is 192 Å². The maximum atomic E-state index is 13.6. The van der Waals surface area contributed by atoms with E-state index >= 15 is 0 Å². The largest absolute Gasteiger partial charge is 0.449 e. The Morgan fingerprint density at radius 3 is 2.41 bits per heavy atom. The van der Waals surface area contributed by atoms with E-state index in [-0.39, 0.29) is 30.5 Å². The summed E-state index contributed by atoms with van der Waals surface area (Å²) < 4.78 is 43.3. The number of imidazole rings is 1. The van der Waals surface area contributed by atoms with Crippen LogP contribution in [-0.2, 0) is 24.1 Å². The first-order valence-electron chi connectivity index (χ1n) is 11.1. The summed E-state index contributed by atoms with van der Waals surface area (Å²) in [5.41, 5.74) is 1.07. The second-order valence-electron chi connectivity index (χ2n) is 8.55. The summed E-state index contributed by atoms with van der Waals surface area (Å²) >= 11 is 0. The molecule has 0 N–H and O–H groups in total. The summed E-state index contributed by atoms with van der Waals surface area (Å²) in [7, 11) is 0. The van der Waals surface area contributed by atoms with E-state index in [1.54, 1.807) is 53.4 Å². The molecule has 1 amide bonds. The summed E-state index contributed by atoms with van der Waals surface area (Å²) in [5.74, 6) is -1.12. The van der Waals surface area contributed by atoms with Crippen LogP contribution in [-0.4, -0.2) is 43.0 Å². The van der Waals surface area contributed by atoms with Crippen molar-refractivity contribution >= 4 is 27.8 Å². The van der Waals surface area contributed by atoms with Gasteiger partial charge >= 0.3 is 6.18 Å². The number of hydrogen-bond donors (Lipinski definition) is 0. The molecule has 5 rings (SSSR count). The number of alkyl halides is 3. The molecule has 0 atom stereocenters. The third-order valence-electron chi connectivity index (χ3n) is 6.35. The molecular weight excluding hydrogens is 447 g/mol. The average Bonchev–Trinajstić information content (AvgIpc) is 3.20. The molecule has 0 spiro atoms. The van der Waals surface area contributed by atoms with E-state index in [0.29, 0.717) is 47.9 Å². The molecule has 0 unspecified atom stereocenters. The number of halogens is 3. The Morgan fingerprint density at radius 2 is 1.68 bits per heavy atom. The van der Waals surface area contributed by atoms with E-state index in [1.165, 1.54) is 15.5 Å². The van der Waals surface area contributed by atoms with Crippen LogP contribution in [0.3, 0.4) is 0 Å². The molecular formula is C24H22F3N5O2. The lowest BCUT2D eigenvalue weighted by Crippen LogP contribution is -2.42. The molecule has 176 valence electrons. The zero-order chi connectivity index (χ0) is 23.9. The number of nitrogens with zero attached hydrogens (tertiary/aromatic N) is 5. The van der Waals surface area contributed by atoms with Crippen molar-refractivity contribution in [2.24, 2.45) is 5.92 Å². The molecule has 0 aliphatic carbocycles. The molecule has 10 heteroatoms. The molecule has 34 heavy (non-hydrogen) atoms. The van der Waals surface area contributed by atoms with Crippen molar-refractivity contribution in [3.63, 3.8) is 0 Å². The molecule has 1 saturated heterocycles. The molecule has 2 aromatic carbocycles. The van der Waals surface area contributed by atoms with Gasteiger partial charge in [-0.1, -0.05) is 24.3 Å². The number of rotatable bonds is 4. The quantitative estimate of drug-likeness (QED) is 0.457. The number of para-hydroxylation sites is 3. The highest BCUT2D eigenvalue weighted by atomic mass is 19.4. The van der Waals surface area contributed by atoms with Gasteiger partial charge in [-0.2, -0.15) is 13.2 Å². The van der Waals surface area contributed by atoms with Crippen molar-refractivity contribution in [3.05, 3.63) is 71.0 Å². The van der Waals surface area contributed by atoms with Crippen LogP contribution in [0.25, 0.3) is 21.9 Å². The van der Waals surface area contributed by atoms with Gasteiger partial charge in [0.1, 0.15) is 6.54 Å². The lowest BCUT2D eigenvalue weighted by molar-refractivity contribution is -0.147. The SMILES string of the molecule is O=C(Cn1cnc2ccccc2c1=O)N1CCC(Cn2c(C(F)(F)F)nc3ccccc32)CC1. The van der Waals surface area contributed by atoms with Crippen LogP contribution < -0.4 is 5.56 Å². The first kappa shape index (κ1) is 22.1. The van der Waals surface area contributed by atoms with Gasteiger partial charge < -0.3 is 9.47 Å². The van der Waals surface area contributed by atoms with Gasteiger partial charge in [0, 0.05) is 19.6 Å². The maximum Gasteiger partial charge on any atom is 0.449 e. The van der Waals surface area contributed by atoms with Crippen LogP contribution in [0.15, 0.2) is 59.7 Å². The third kappa shape index (κ3) is 4.15. The number of aromatic nitrogens is 4. The van der Waals surface area contributed by atoms with Crippen LogP contribution >= 0.6 is 0 Å². The number of likely N-dealkylation sites (tertiary alicyclic amines) is 1. The molecule has 0 bridgehead atoms. The van der Waals surface area contributed by atoms with Gasteiger partial charge in [0.25, 0.3) is 5.56 Å². The van der Waals surface area contributed by atoms with Crippen LogP contribution in [0.1, 0.15) is 18.7 Å². The lowest BCUT2D eigenvalue weighted by Gasteiger charge is -2.32. The van der Waals surface area contributed by atoms with E-state index < -0.39 is 12.0 Å². The number of fused-ring (bicyclic) bond motifs is 2. The molecule has 1 fully saturated rings. The minimum atomic E-state index is -4.54. The molecule has 0 radical (unpaired) electrons. The Balaban J connectivity index is 1.27. The van der Waals surface area contributed by atoms with E-state index in [2.05, 4.69) is 9.97 Å². The predicted molar refractivity (Wildman–Crippen MR) is 120 cm³/mol. The maximum absolute atomic E-state index is 13.6. The lowest BCUT2D eigenvalue weighted by atomic mass is 9.96. The summed E-state index contributed by atoms with van der Waals surface area (Å²) in [6.45, 7) is 0.914. The van der Waals surface area contributed by atoms with E-state index in [0.717, 1.165) is 0 Å². The minimum Gasteiger partial charge on any atom is -0.341 e. The van der Waals surface area contributed by atoms with Gasteiger partial charge in [0.15, 0.2) is 0 Å². The zero-order valence-corrected chi connectivity index (χ0v) is 18.2. The van der Waals surface area contributed by atoms with Crippen LogP contribution in [0.5, 0.6) is 0 Å². The first-order chi connectivity index (χ1) is 16.3. The zero-order valence-electron chi connectivity index (χ0n) is 18.2. The van der Waals surface area contributed by atoms with E-state index in [4.69, 9.17) is 0 Å². The average molecular weight is 469 g/mol. The van der Waals surface area contributed by atoms with Crippen LogP contribution in [0.2, 0.25) is 0 Å². The van der Waals surface area contributed by atoms with Crippen molar-refractivity contribution in [2.75, 3.05) is 13.1 Å². The van der Waals surface area contributed by atoms with E-state index in [1.807, 2.05) is 0 Å². The number of hydrogen-bond acceptors (Lipinski definition) is 4. The van der Waals surface area contributed by atoms with Gasteiger partial charge in [0.05, 0.1) is 28.3 Å². The Hall–Kier alpha value is -3.69. The van der Waals surface area contributed by atoms with Crippen molar-refractivity contribution in [3.8, 4) is 0 Å². The summed E-state index contributed by atoms with van der Waals surface area (Å²) in [4.78, 5) is 35.2. The Bertz CT molecular complexity index is 1420. The fraction of sp³-hybridized carbons (Fsp3) is 0.333. The molecule has 2 aromatic heterocycles.